The Morgan fingerprint density at radius 2 is 1.69 bits per heavy atom. The average Bonchev–Trinajstić information content (AvgIpc) is 3.11. The van der Waals surface area contributed by atoms with E-state index in [-0.39, 0.29) is 50.0 Å². The smallest absolute Gasteiger partial charge is 0.407 e. The van der Waals surface area contributed by atoms with Crippen LogP contribution in [0.3, 0.4) is 0 Å². The molecule has 2 aromatic carbocycles. The van der Waals surface area contributed by atoms with E-state index in [2.05, 4.69) is 22.8 Å². The fraction of sp³-hybridized carbons (Fsp3) is 0.375. The number of aliphatic carboxylic acids is 1. The number of hydrogen-bond donors (Lipinski definition) is 3. The number of hydrogen-bond acceptors (Lipinski definition) is 5. The molecule has 32 heavy (non-hydrogen) atoms. The molecule has 0 aromatic heterocycles. The zero-order chi connectivity index (χ0) is 22.5. The molecule has 168 valence electrons. The number of benzene rings is 2. The normalized spacial score (nSPS) is 19.5. The van der Waals surface area contributed by atoms with Gasteiger partial charge in [-0.25, -0.2) is 4.79 Å². The topological polar surface area (TPSA) is 114 Å². The third-order valence-electron chi connectivity index (χ3n) is 5.99. The van der Waals surface area contributed by atoms with Gasteiger partial charge in [0.1, 0.15) is 13.2 Å². The molecule has 8 heteroatoms. The Bertz CT molecular complexity index is 962. The minimum Gasteiger partial charge on any atom is -0.481 e. The van der Waals surface area contributed by atoms with Crippen LogP contribution in [0.5, 0.6) is 0 Å². The van der Waals surface area contributed by atoms with E-state index in [0.717, 1.165) is 22.3 Å². The minimum absolute atomic E-state index is 0.0546. The van der Waals surface area contributed by atoms with Gasteiger partial charge in [-0.1, -0.05) is 48.5 Å². The molecule has 2 unspecified atom stereocenters. The van der Waals surface area contributed by atoms with Crippen LogP contribution in [0, 0.1) is 5.92 Å². The minimum atomic E-state index is -0.934. The highest BCUT2D eigenvalue weighted by Gasteiger charge is 2.30. The second-order valence-corrected chi connectivity index (χ2v) is 8.07. The Labute approximate surface area is 185 Å². The summed E-state index contributed by atoms with van der Waals surface area (Å²) in [6.45, 7) is 0.674. The van der Waals surface area contributed by atoms with Crippen LogP contribution in [0.2, 0.25) is 0 Å². The fourth-order valence-corrected chi connectivity index (χ4v) is 4.47. The zero-order valence-electron chi connectivity index (χ0n) is 17.6. The molecule has 2 amide bonds. The molecule has 4 rings (SSSR count). The molecule has 1 saturated heterocycles. The number of fused-ring (bicyclic) bond motifs is 3. The first kappa shape index (κ1) is 21.8. The van der Waals surface area contributed by atoms with Crippen molar-refractivity contribution < 1.29 is 29.0 Å². The van der Waals surface area contributed by atoms with E-state index in [1.54, 1.807) is 0 Å². The monoisotopic (exact) mass is 438 g/mol. The summed E-state index contributed by atoms with van der Waals surface area (Å²) in [4.78, 5) is 35.5. The van der Waals surface area contributed by atoms with Gasteiger partial charge < -0.3 is 25.2 Å². The Kier molecular flexibility index (Phi) is 6.70. The van der Waals surface area contributed by atoms with Crippen LogP contribution in [0.1, 0.15) is 29.9 Å². The van der Waals surface area contributed by atoms with E-state index in [1.807, 2.05) is 36.4 Å². The van der Waals surface area contributed by atoms with Crippen LogP contribution in [-0.2, 0) is 19.1 Å². The maximum atomic E-state index is 12.3. The van der Waals surface area contributed by atoms with Crippen molar-refractivity contribution >= 4 is 18.0 Å². The van der Waals surface area contributed by atoms with Crippen molar-refractivity contribution in [3.05, 3.63) is 59.7 Å². The third kappa shape index (κ3) is 4.91. The maximum Gasteiger partial charge on any atom is 0.407 e. The molecule has 8 nitrogen and oxygen atoms in total. The Morgan fingerprint density at radius 1 is 1.03 bits per heavy atom. The second kappa shape index (κ2) is 9.82. The fourth-order valence-electron chi connectivity index (χ4n) is 4.47. The van der Waals surface area contributed by atoms with Gasteiger partial charge in [-0.2, -0.15) is 0 Å². The molecule has 1 aliphatic heterocycles. The lowest BCUT2D eigenvalue weighted by atomic mass is 9.92. The summed E-state index contributed by atoms with van der Waals surface area (Å²) >= 11 is 0. The summed E-state index contributed by atoms with van der Waals surface area (Å²) in [6.07, 6.45) is -0.213. The number of amides is 2. The number of carbonyl (C=O) groups is 3. The Balaban J connectivity index is 1.28. The van der Waals surface area contributed by atoms with Gasteiger partial charge in [0.15, 0.2) is 0 Å². The molecule has 2 aliphatic rings. The molecular formula is C24H26N2O6. The van der Waals surface area contributed by atoms with Crippen molar-refractivity contribution in [2.45, 2.75) is 24.8 Å². The highest BCUT2D eigenvalue weighted by atomic mass is 16.5. The maximum absolute atomic E-state index is 12.3. The number of ether oxygens (including phenoxy) is 2. The molecule has 2 aromatic rings. The van der Waals surface area contributed by atoms with E-state index in [9.17, 15) is 14.4 Å². The standard InChI is InChI=1S/C24H26N2O6/c27-22(26-21-9-10-31-13-15(21)11-23(28)29)12-25-24(30)32-14-20-18-7-3-1-5-16(18)17-6-2-4-8-19(17)20/h1-8,15,20-21H,9-14H2,(H,25,30)(H,26,27)(H,28,29). The lowest BCUT2D eigenvalue weighted by Crippen LogP contribution is -2.49. The predicted octanol–water partition coefficient (Wildman–Crippen LogP) is 2.52. The molecule has 0 saturated carbocycles. The highest BCUT2D eigenvalue weighted by Crippen LogP contribution is 2.44. The van der Waals surface area contributed by atoms with Crippen molar-refractivity contribution in [1.29, 1.82) is 0 Å². The zero-order valence-corrected chi connectivity index (χ0v) is 17.6. The molecule has 1 heterocycles. The lowest BCUT2D eigenvalue weighted by Gasteiger charge is -2.31. The van der Waals surface area contributed by atoms with Gasteiger partial charge in [0.05, 0.1) is 13.0 Å². The quantitative estimate of drug-likeness (QED) is 0.612. The predicted molar refractivity (Wildman–Crippen MR) is 116 cm³/mol. The van der Waals surface area contributed by atoms with E-state index >= 15 is 0 Å². The number of carbonyl (C=O) groups excluding carboxylic acids is 2. The lowest BCUT2D eigenvalue weighted by molar-refractivity contribution is -0.140. The number of carboxylic acids is 1. The van der Waals surface area contributed by atoms with Gasteiger partial charge in [0.25, 0.3) is 0 Å². The van der Waals surface area contributed by atoms with Gasteiger partial charge >= 0.3 is 12.1 Å². The van der Waals surface area contributed by atoms with Crippen molar-refractivity contribution in [3.63, 3.8) is 0 Å². The first-order valence-electron chi connectivity index (χ1n) is 10.7. The van der Waals surface area contributed by atoms with Crippen LogP contribution in [-0.4, -0.2) is 55.5 Å². The summed E-state index contributed by atoms with van der Waals surface area (Å²) in [5.74, 6) is -1.67. The average molecular weight is 438 g/mol. The van der Waals surface area contributed by atoms with Crippen LogP contribution in [0.15, 0.2) is 48.5 Å². The number of carboxylic acid groups (broad SMARTS) is 1. The molecule has 1 fully saturated rings. The van der Waals surface area contributed by atoms with E-state index in [4.69, 9.17) is 14.6 Å². The second-order valence-electron chi connectivity index (χ2n) is 8.07. The van der Waals surface area contributed by atoms with Gasteiger partial charge in [0.2, 0.25) is 5.91 Å². The molecule has 3 N–H and O–H groups in total. The highest BCUT2D eigenvalue weighted by molar-refractivity contribution is 5.83. The number of nitrogens with one attached hydrogen (secondary N) is 2. The van der Waals surface area contributed by atoms with Crippen molar-refractivity contribution in [2.24, 2.45) is 5.92 Å². The van der Waals surface area contributed by atoms with Crippen LogP contribution in [0.4, 0.5) is 4.79 Å². The van der Waals surface area contributed by atoms with Crippen LogP contribution in [0.25, 0.3) is 11.1 Å². The molecule has 0 bridgehead atoms. The van der Waals surface area contributed by atoms with E-state index in [1.165, 1.54) is 0 Å². The summed E-state index contributed by atoms with van der Waals surface area (Å²) in [5.41, 5.74) is 4.51. The summed E-state index contributed by atoms with van der Waals surface area (Å²) in [7, 11) is 0. The van der Waals surface area contributed by atoms with Gasteiger partial charge in [-0.15, -0.1) is 0 Å². The van der Waals surface area contributed by atoms with Gasteiger partial charge in [0, 0.05) is 24.5 Å². The van der Waals surface area contributed by atoms with Gasteiger partial charge in [-0.05, 0) is 28.7 Å². The SMILES string of the molecule is O=C(O)CC1COCCC1NC(=O)CNC(=O)OCC1c2ccccc2-c2ccccc21. The van der Waals surface area contributed by atoms with E-state index in [0.29, 0.717) is 13.0 Å². The molecule has 0 spiro atoms. The number of alkyl carbamates (subject to hydrolysis) is 1. The summed E-state index contributed by atoms with van der Waals surface area (Å²) < 4.78 is 10.7. The molecule has 2 atom stereocenters. The summed E-state index contributed by atoms with van der Waals surface area (Å²) in [5, 5.41) is 14.3. The van der Waals surface area contributed by atoms with Crippen molar-refractivity contribution in [2.75, 3.05) is 26.4 Å². The molecule has 0 radical (unpaired) electrons. The number of rotatable bonds is 7. The van der Waals surface area contributed by atoms with Crippen LogP contribution < -0.4 is 10.6 Å². The molecular weight excluding hydrogens is 412 g/mol. The van der Waals surface area contributed by atoms with Crippen LogP contribution >= 0.6 is 0 Å². The van der Waals surface area contributed by atoms with Crippen molar-refractivity contribution in [3.8, 4) is 11.1 Å². The first-order valence-corrected chi connectivity index (χ1v) is 10.7. The summed E-state index contributed by atoms with van der Waals surface area (Å²) in [6, 6.07) is 15.8. The Hall–Kier alpha value is -3.39. The largest absolute Gasteiger partial charge is 0.481 e. The Morgan fingerprint density at radius 3 is 2.34 bits per heavy atom. The van der Waals surface area contributed by atoms with Crippen molar-refractivity contribution in [1.82, 2.24) is 10.6 Å². The first-order chi connectivity index (χ1) is 15.5. The van der Waals surface area contributed by atoms with Gasteiger partial charge in [-0.3, -0.25) is 9.59 Å². The third-order valence-corrected chi connectivity index (χ3v) is 5.99. The van der Waals surface area contributed by atoms with E-state index < -0.39 is 12.1 Å². The molecule has 1 aliphatic carbocycles.